The van der Waals surface area contributed by atoms with Crippen molar-refractivity contribution in [3.05, 3.63) is 113 Å². The maximum Gasteiger partial charge on any atom is 0.416 e. The van der Waals surface area contributed by atoms with Crippen LogP contribution in [0.5, 0.6) is 11.5 Å². The molecule has 1 amide bonds. The first-order chi connectivity index (χ1) is 18.4. The number of aliphatic carboxylic acids is 1. The standard InChI is InChI=1S/C30H30N2O6/c1-21-27(38-29(31-21)24-8-4-3-5-9-24)10-6-7-22-11-13-23(14-12-22)19-32(20-28(33)34)30(35)37-26-17-15-25(36-2)16-18-26/h3-9,11-18,29,31H,10,19-20H2,1-2H3,(H,33,34)/b7-6-. The van der Waals surface area contributed by atoms with E-state index in [1.54, 1.807) is 24.3 Å². The lowest BCUT2D eigenvalue weighted by molar-refractivity contribution is -0.138. The molecule has 0 saturated heterocycles. The average Bonchev–Trinajstić information content (AvgIpc) is 3.30. The van der Waals surface area contributed by atoms with Crippen molar-refractivity contribution in [3.8, 4) is 11.5 Å². The van der Waals surface area contributed by atoms with Crippen molar-refractivity contribution in [2.24, 2.45) is 0 Å². The summed E-state index contributed by atoms with van der Waals surface area (Å²) in [6.45, 7) is 1.62. The molecule has 2 N–H and O–H groups in total. The second-order valence-electron chi connectivity index (χ2n) is 8.74. The summed E-state index contributed by atoms with van der Waals surface area (Å²) in [6, 6.07) is 24.1. The zero-order valence-electron chi connectivity index (χ0n) is 21.3. The van der Waals surface area contributed by atoms with Crippen LogP contribution in [0.2, 0.25) is 0 Å². The quantitative estimate of drug-likeness (QED) is 0.356. The van der Waals surface area contributed by atoms with E-state index in [-0.39, 0.29) is 12.8 Å². The van der Waals surface area contributed by atoms with Crippen molar-refractivity contribution in [2.45, 2.75) is 26.1 Å². The maximum absolute atomic E-state index is 12.7. The van der Waals surface area contributed by atoms with E-state index in [0.29, 0.717) is 17.9 Å². The van der Waals surface area contributed by atoms with E-state index in [2.05, 4.69) is 5.32 Å². The van der Waals surface area contributed by atoms with E-state index >= 15 is 0 Å². The molecule has 38 heavy (non-hydrogen) atoms. The Hall–Kier alpha value is -4.72. The predicted octanol–water partition coefficient (Wildman–Crippen LogP) is 5.73. The summed E-state index contributed by atoms with van der Waals surface area (Å²) in [6.07, 6.45) is 3.75. The smallest absolute Gasteiger partial charge is 0.416 e. The van der Waals surface area contributed by atoms with Gasteiger partial charge in [-0.15, -0.1) is 0 Å². The number of hydrogen-bond acceptors (Lipinski definition) is 6. The Morgan fingerprint density at radius 3 is 2.34 bits per heavy atom. The third-order valence-corrected chi connectivity index (χ3v) is 5.94. The van der Waals surface area contributed by atoms with Gasteiger partial charge in [0.15, 0.2) is 6.23 Å². The number of nitrogens with one attached hydrogen (secondary N) is 1. The van der Waals surface area contributed by atoms with Crippen LogP contribution in [0, 0.1) is 0 Å². The zero-order valence-corrected chi connectivity index (χ0v) is 21.3. The Morgan fingerprint density at radius 1 is 1.00 bits per heavy atom. The first-order valence-corrected chi connectivity index (χ1v) is 12.2. The van der Waals surface area contributed by atoms with Crippen molar-refractivity contribution in [1.29, 1.82) is 0 Å². The fraction of sp³-hybridized carbons (Fsp3) is 0.200. The van der Waals surface area contributed by atoms with Crippen LogP contribution in [-0.4, -0.2) is 35.7 Å². The topological polar surface area (TPSA) is 97.3 Å². The van der Waals surface area contributed by atoms with Gasteiger partial charge in [-0.1, -0.05) is 66.7 Å². The van der Waals surface area contributed by atoms with Gasteiger partial charge in [0.05, 0.1) is 7.11 Å². The number of carboxylic acids is 1. The molecule has 1 atom stereocenters. The predicted molar refractivity (Wildman–Crippen MR) is 143 cm³/mol. The molecule has 3 aromatic carbocycles. The summed E-state index contributed by atoms with van der Waals surface area (Å²) in [5.74, 6) is 0.691. The molecule has 1 unspecified atom stereocenters. The molecule has 1 aliphatic rings. The summed E-state index contributed by atoms with van der Waals surface area (Å²) < 4.78 is 16.5. The molecule has 0 fully saturated rings. The number of allylic oxidation sites excluding steroid dienone is 2. The second kappa shape index (κ2) is 12.5. The fourth-order valence-corrected chi connectivity index (χ4v) is 3.93. The minimum Gasteiger partial charge on any atom is -0.497 e. The van der Waals surface area contributed by atoms with E-state index < -0.39 is 18.6 Å². The van der Waals surface area contributed by atoms with Crippen LogP contribution in [0.1, 0.15) is 36.3 Å². The Labute approximate surface area is 221 Å². The monoisotopic (exact) mass is 514 g/mol. The normalized spacial score (nSPS) is 14.6. The lowest BCUT2D eigenvalue weighted by Crippen LogP contribution is -2.37. The third kappa shape index (κ3) is 7.16. The molecule has 1 heterocycles. The summed E-state index contributed by atoms with van der Waals surface area (Å²) in [7, 11) is 1.54. The number of amides is 1. The fourth-order valence-electron chi connectivity index (χ4n) is 3.93. The Bertz CT molecular complexity index is 1300. The second-order valence-corrected chi connectivity index (χ2v) is 8.74. The van der Waals surface area contributed by atoms with Crippen LogP contribution < -0.4 is 14.8 Å². The van der Waals surface area contributed by atoms with E-state index in [4.69, 9.17) is 14.2 Å². The number of benzene rings is 3. The van der Waals surface area contributed by atoms with Gasteiger partial charge in [0.25, 0.3) is 0 Å². The molecule has 8 heteroatoms. The lowest BCUT2D eigenvalue weighted by Gasteiger charge is -2.20. The molecule has 0 aromatic heterocycles. The van der Waals surface area contributed by atoms with Crippen molar-refractivity contribution in [2.75, 3.05) is 13.7 Å². The molecule has 8 nitrogen and oxygen atoms in total. The number of carbonyl (C=O) groups is 2. The number of carbonyl (C=O) groups excluding carboxylic acids is 1. The number of rotatable bonds is 10. The summed E-state index contributed by atoms with van der Waals surface area (Å²) in [5.41, 5.74) is 3.84. The van der Waals surface area contributed by atoms with E-state index in [1.165, 1.54) is 7.11 Å². The van der Waals surface area contributed by atoms with E-state index in [0.717, 1.165) is 33.0 Å². The molecule has 0 aliphatic carbocycles. The van der Waals surface area contributed by atoms with Gasteiger partial charge in [-0.2, -0.15) is 0 Å². The van der Waals surface area contributed by atoms with Gasteiger partial charge in [-0.05, 0) is 42.3 Å². The first-order valence-electron chi connectivity index (χ1n) is 12.2. The van der Waals surface area contributed by atoms with Gasteiger partial charge in [0.2, 0.25) is 0 Å². The van der Waals surface area contributed by atoms with Crippen molar-refractivity contribution >= 4 is 18.1 Å². The zero-order chi connectivity index (χ0) is 26.9. The molecule has 0 radical (unpaired) electrons. The van der Waals surface area contributed by atoms with Crippen LogP contribution >= 0.6 is 0 Å². The Kier molecular flexibility index (Phi) is 8.66. The number of nitrogens with zero attached hydrogens (tertiary/aromatic N) is 1. The van der Waals surface area contributed by atoms with Crippen molar-refractivity contribution in [3.63, 3.8) is 0 Å². The molecule has 0 spiro atoms. The van der Waals surface area contributed by atoms with E-state index in [1.807, 2.05) is 73.7 Å². The highest BCUT2D eigenvalue weighted by atomic mass is 16.6. The molecule has 1 aliphatic heterocycles. The molecule has 4 rings (SSSR count). The molecular formula is C30H30N2O6. The van der Waals surface area contributed by atoms with Gasteiger partial charge >= 0.3 is 12.1 Å². The molecule has 0 saturated carbocycles. The Morgan fingerprint density at radius 2 is 1.68 bits per heavy atom. The number of hydrogen-bond donors (Lipinski definition) is 2. The first kappa shape index (κ1) is 26.3. The van der Waals surface area contributed by atoms with Crippen LogP contribution in [0.3, 0.4) is 0 Å². The van der Waals surface area contributed by atoms with Gasteiger partial charge in [-0.3, -0.25) is 9.69 Å². The average molecular weight is 515 g/mol. The number of methoxy groups -OCH3 is 1. The van der Waals surface area contributed by atoms with Crippen LogP contribution in [0.4, 0.5) is 4.79 Å². The van der Waals surface area contributed by atoms with Crippen LogP contribution in [0.15, 0.2) is 96.4 Å². The highest BCUT2D eigenvalue weighted by Gasteiger charge is 2.22. The largest absolute Gasteiger partial charge is 0.497 e. The maximum atomic E-state index is 12.7. The van der Waals surface area contributed by atoms with Crippen LogP contribution in [0.25, 0.3) is 6.08 Å². The van der Waals surface area contributed by atoms with Crippen molar-refractivity contribution in [1.82, 2.24) is 10.2 Å². The number of ether oxygens (including phenoxy) is 3. The van der Waals surface area contributed by atoms with Gasteiger partial charge in [-0.25, -0.2) is 4.79 Å². The lowest BCUT2D eigenvalue weighted by atomic mass is 10.1. The number of carboxylic acid groups (broad SMARTS) is 1. The Balaban J connectivity index is 1.33. The molecule has 196 valence electrons. The highest BCUT2D eigenvalue weighted by molar-refractivity contribution is 5.78. The molecule has 0 bridgehead atoms. The van der Waals surface area contributed by atoms with Crippen molar-refractivity contribution < 1.29 is 28.9 Å². The SMILES string of the molecule is COc1ccc(OC(=O)N(CC(=O)O)Cc2ccc(/C=C\CC3=C(C)NC(c4ccccc4)O3)cc2)cc1. The minimum absolute atomic E-state index is 0.0950. The van der Waals surface area contributed by atoms with Crippen LogP contribution in [-0.2, 0) is 16.1 Å². The third-order valence-electron chi connectivity index (χ3n) is 5.94. The molecule has 3 aromatic rings. The van der Waals surface area contributed by atoms with Gasteiger partial charge < -0.3 is 24.6 Å². The minimum atomic E-state index is -1.13. The summed E-state index contributed by atoms with van der Waals surface area (Å²) in [5, 5.41) is 12.7. The van der Waals surface area contributed by atoms with E-state index in [9.17, 15) is 14.7 Å². The van der Waals surface area contributed by atoms with Gasteiger partial charge in [0.1, 0.15) is 23.8 Å². The van der Waals surface area contributed by atoms with Gasteiger partial charge in [0, 0.05) is 24.2 Å². The summed E-state index contributed by atoms with van der Waals surface area (Å²) >= 11 is 0. The summed E-state index contributed by atoms with van der Waals surface area (Å²) in [4.78, 5) is 25.1. The molecular weight excluding hydrogens is 484 g/mol. The highest BCUT2D eigenvalue weighted by Crippen LogP contribution is 2.29.